The van der Waals surface area contributed by atoms with E-state index in [1.165, 1.54) is 11.1 Å². The Kier molecular flexibility index (Phi) is 2.60. The summed E-state index contributed by atoms with van der Waals surface area (Å²) in [6.45, 7) is 8.77. The molecule has 0 unspecified atom stereocenters. The van der Waals surface area contributed by atoms with Crippen LogP contribution < -0.4 is 0 Å². The molecule has 0 aliphatic carbocycles. The van der Waals surface area contributed by atoms with E-state index in [0.29, 0.717) is 0 Å². The molecule has 2 rings (SSSR count). The Balaban J connectivity index is 2.65. The van der Waals surface area contributed by atoms with E-state index in [1.807, 2.05) is 23.0 Å². The van der Waals surface area contributed by atoms with Gasteiger partial charge in [0.05, 0.1) is 11.1 Å². The second-order valence-corrected chi connectivity index (χ2v) is 5.42. The van der Waals surface area contributed by atoms with E-state index in [2.05, 4.69) is 57.0 Å². The van der Waals surface area contributed by atoms with Crippen molar-refractivity contribution >= 4 is 23.0 Å². The molecule has 1 aromatic rings. The second kappa shape index (κ2) is 3.43. The number of hydroxylamine groups is 2. The topological polar surface area (TPSA) is 12.5 Å². The van der Waals surface area contributed by atoms with Gasteiger partial charge >= 0.3 is 0 Å². The molecule has 0 fully saturated rings. The maximum Gasteiger partial charge on any atom is 0.137 e. The maximum absolute atomic E-state index is 5.53. The van der Waals surface area contributed by atoms with Gasteiger partial charge in [-0.2, -0.15) is 5.06 Å². The lowest BCUT2D eigenvalue weighted by molar-refractivity contribution is -0.157. The zero-order chi connectivity index (χ0) is 11.3. The molecule has 0 atom stereocenters. The fourth-order valence-electron chi connectivity index (χ4n) is 2.64. The number of hydrogen-bond acceptors (Lipinski definition) is 2. The highest BCUT2D eigenvalue weighted by Gasteiger charge is 2.49. The molecule has 2 nitrogen and oxygen atoms in total. The van der Waals surface area contributed by atoms with Gasteiger partial charge in [0, 0.05) is 0 Å². The summed E-state index contributed by atoms with van der Waals surface area (Å²) in [6, 6.07) is 8.56. The van der Waals surface area contributed by atoms with E-state index >= 15 is 0 Å². The largest absolute Gasteiger partial charge is 0.228 e. The van der Waals surface area contributed by atoms with Crippen LogP contribution in [-0.2, 0) is 14.2 Å². The number of nitrogens with zero attached hydrogens (tertiary/aromatic N) is 1. The van der Waals surface area contributed by atoms with Crippen LogP contribution in [0.1, 0.15) is 38.8 Å². The molecule has 3 heteroatoms. The van der Waals surface area contributed by atoms with Gasteiger partial charge in [-0.1, -0.05) is 24.3 Å². The van der Waals surface area contributed by atoms with Crippen molar-refractivity contribution in [2.75, 3.05) is 0 Å². The number of benzene rings is 1. The summed E-state index contributed by atoms with van der Waals surface area (Å²) < 4.78 is 5.53. The fourth-order valence-corrected chi connectivity index (χ4v) is 3.62. The van der Waals surface area contributed by atoms with Crippen LogP contribution in [0.4, 0.5) is 0 Å². The van der Waals surface area contributed by atoms with Gasteiger partial charge in [-0.05, 0) is 38.8 Å². The van der Waals surface area contributed by atoms with Crippen molar-refractivity contribution in [3.63, 3.8) is 0 Å². The molecule has 1 aromatic carbocycles. The van der Waals surface area contributed by atoms with Crippen LogP contribution in [0.2, 0.25) is 0 Å². The van der Waals surface area contributed by atoms with Crippen LogP contribution >= 0.6 is 23.0 Å². The number of halogens is 1. The number of rotatable bonds is 1. The summed E-state index contributed by atoms with van der Waals surface area (Å²) in [5.41, 5.74) is 2.57. The van der Waals surface area contributed by atoms with Gasteiger partial charge in [0.2, 0.25) is 0 Å². The zero-order valence-electron chi connectivity index (χ0n) is 9.54. The summed E-state index contributed by atoms with van der Waals surface area (Å²) in [4.78, 5) is 0. The minimum absolute atomic E-state index is 0.0682. The van der Waals surface area contributed by atoms with Crippen LogP contribution in [0.3, 0.4) is 0 Å². The van der Waals surface area contributed by atoms with Gasteiger partial charge < -0.3 is 0 Å². The maximum atomic E-state index is 5.53. The standard InChI is InChI=1S/C12H16INO/c1-11(2)9-7-5-6-8-10(9)12(3,4)14(11)15-13/h5-8H,1-4H3. The molecule has 1 aliphatic rings. The SMILES string of the molecule is CC1(C)c2ccccc2C(C)(C)N1OI. The quantitative estimate of drug-likeness (QED) is 0.732. The molecule has 0 aromatic heterocycles. The highest BCUT2D eigenvalue weighted by Crippen LogP contribution is 2.49. The van der Waals surface area contributed by atoms with Crippen LogP contribution in [0, 0.1) is 0 Å². The molecule has 0 saturated carbocycles. The lowest BCUT2D eigenvalue weighted by Crippen LogP contribution is -2.43. The Morgan fingerprint density at radius 2 is 1.40 bits per heavy atom. The molecule has 0 bridgehead atoms. The summed E-state index contributed by atoms with van der Waals surface area (Å²) in [6.07, 6.45) is 0. The molecule has 82 valence electrons. The van der Waals surface area contributed by atoms with E-state index in [4.69, 9.17) is 3.17 Å². The van der Waals surface area contributed by atoms with Crippen molar-refractivity contribution in [2.45, 2.75) is 38.8 Å². The molecular formula is C12H16INO. The molecule has 0 radical (unpaired) electrons. The average Bonchev–Trinajstić information content (AvgIpc) is 2.32. The van der Waals surface area contributed by atoms with Crippen LogP contribution in [0.15, 0.2) is 24.3 Å². The Bertz CT molecular complexity index is 352. The van der Waals surface area contributed by atoms with Gasteiger partial charge in [0.25, 0.3) is 0 Å². The van der Waals surface area contributed by atoms with Crippen LogP contribution in [0.25, 0.3) is 0 Å². The van der Waals surface area contributed by atoms with Crippen molar-refractivity contribution in [3.8, 4) is 0 Å². The number of fused-ring (bicyclic) bond motifs is 1. The summed E-state index contributed by atoms with van der Waals surface area (Å²) >= 11 is 1.96. The normalized spacial score (nSPS) is 22.7. The predicted octanol–water partition coefficient (Wildman–Crippen LogP) is 3.75. The van der Waals surface area contributed by atoms with Crippen molar-refractivity contribution in [3.05, 3.63) is 35.4 Å². The molecular weight excluding hydrogens is 301 g/mol. The first-order chi connectivity index (χ1) is 6.92. The number of hydrogen-bond donors (Lipinski definition) is 0. The van der Waals surface area contributed by atoms with Gasteiger partial charge in [-0.25, -0.2) is 3.17 Å². The lowest BCUT2D eigenvalue weighted by Gasteiger charge is -2.37. The summed E-state index contributed by atoms with van der Waals surface area (Å²) in [5.74, 6) is 0. The lowest BCUT2D eigenvalue weighted by atomic mass is 9.91. The second-order valence-electron chi connectivity index (χ2n) is 5.03. The highest BCUT2D eigenvalue weighted by atomic mass is 127. The van der Waals surface area contributed by atoms with Crippen molar-refractivity contribution < 1.29 is 3.17 Å². The van der Waals surface area contributed by atoms with Gasteiger partial charge in [0.15, 0.2) is 0 Å². The Hall–Kier alpha value is -0.130. The van der Waals surface area contributed by atoms with E-state index in [9.17, 15) is 0 Å². The fraction of sp³-hybridized carbons (Fsp3) is 0.500. The average molecular weight is 317 g/mol. The van der Waals surface area contributed by atoms with E-state index < -0.39 is 0 Å². The minimum Gasteiger partial charge on any atom is -0.228 e. The Morgan fingerprint density at radius 1 is 1.00 bits per heavy atom. The third kappa shape index (κ3) is 1.44. The first-order valence-corrected chi connectivity index (χ1v) is 5.99. The first kappa shape index (κ1) is 11.4. The van der Waals surface area contributed by atoms with Gasteiger partial charge in [0.1, 0.15) is 23.0 Å². The first-order valence-electron chi connectivity index (χ1n) is 5.11. The zero-order valence-corrected chi connectivity index (χ0v) is 11.7. The van der Waals surface area contributed by atoms with Crippen molar-refractivity contribution in [1.29, 1.82) is 0 Å². The van der Waals surface area contributed by atoms with E-state index in [1.54, 1.807) is 0 Å². The third-order valence-electron chi connectivity index (χ3n) is 3.33. The molecule has 1 aliphatic heterocycles. The molecule has 0 spiro atoms. The van der Waals surface area contributed by atoms with Crippen molar-refractivity contribution in [2.24, 2.45) is 0 Å². The van der Waals surface area contributed by atoms with Crippen LogP contribution in [-0.4, -0.2) is 5.06 Å². The van der Waals surface area contributed by atoms with Crippen LogP contribution in [0.5, 0.6) is 0 Å². The molecule has 0 amide bonds. The minimum atomic E-state index is -0.0682. The highest BCUT2D eigenvalue weighted by molar-refractivity contribution is 14.1. The third-order valence-corrected chi connectivity index (χ3v) is 3.72. The van der Waals surface area contributed by atoms with Crippen molar-refractivity contribution in [1.82, 2.24) is 5.06 Å². The van der Waals surface area contributed by atoms with E-state index in [-0.39, 0.29) is 11.1 Å². The Morgan fingerprint density at radius 3 is 1.73 bits per heavy atom. The molecule has 1 heterocycles. The summed E-state index contributed by atoms with van der Waals surface area (Å²) in [7, 11) is 0. The molecule has 15 heavy (non-hydrogen) atoms. The molecule has 0 saturated heterocycles. The summed E-state index contributed by atoms with van der Waals surface area (Å²) in [5, 5.41) is 2.06. The predicted molar refractivity (Wildman–Crippen MR) is 69.4 cm³/mol. The smallest absolute Gasteiger partial charge is 0.137 e. The van der Waals surface area contributed by atoms with E-state index in [0.717, 1.165) is 0 Å². The monoisotopic (exact) mass is 317 g/mol. The Labute approximate surface area is 105 Å². The molecule has 0 N–H and O–H groups in total. The van der Waals surface area contributed by atoms with Gasteiger partial charge in [-0.15, -0.1) is 0 Å². The van der Waals surface area contributed by atoms with Gasteiger partial charge in [-0.3, -0.25) is 0 Å².